The highest BCUT2D eigenvalue weighted by molar-refractivity contribution is 9.10. The van der Waals surface area contributed by atoms with Crippen molar-refractivity contribution >= 4 is 27.5 Å². The number of hydrogen-bond acceptors (Lipinski definition) is 4. The Balaban J connectivity index is 1.57. The summed E-state index contributed by atoms with van der Waals surface area (Å²) < 4.78 is 19.2. The van der Waals surface area contributed by atoms with E-state index in [0.717, 1.165) is 4.47 Å². The largest absolute Gasteiger partial charge is 0.339 e. The number of carbonyl (C=O) groups excluding carboxylic acids is 1. The van der Waals surface area contributed by atoms with Crippen LogP contribution in [0, 0.1) is 5.82 Å². The van der Waals surface area contributed by atoms with Crippen molar-refractivity contribution in [3.05, 3.63) is 64.7 Å². The molecule has 1 amide bonds. The molecule has 0 atom stereocenters. The minimum absolute atomic E-state index is 0.150. The molecule has 5 nitrogen and oxygen atoms in total. The molecule has 1 heterocycles. The minimum atomic E-state index is -0.368. The molecule has 122 valence electrons. The molecule has 0 aliphatic heterocycles. The Bertz CT molecular complexity index is 849. The lowest BCUT2D eigenvalue weighted by molar-refractivity contribution is -0.116. The smallest absolute Gasteiger partial charge is 0.227 e. The number of aryl methyl sites for hydroxylation is 1. The van der Waals surface area contributed by atoms with Gasteiger partial charge < -0.3 is 9.84 Å². The van der Waals surface area contributed by atoms with E-state index in [-0.39, 0.29) is 18.1 Å². The molecule has 0 fully saturated rings. The van der Waals surface area contributed by atoms with E-state index < -0.39 is 0 Å². The summed E-state index contributed by atoms with van der Waals surface area (Å²) in [5, 5.41) is 6.60. The zero-order chi connectivity index (χ0) is 16.9. The van der Waals surface area contributed by atoms with E-state index in [9.17, 15) is 9.18 Å². The van der Waals surface area contributed by atoms with Crippen molar-refractivity contribution in [3.63, 3.8) is 0 Å². The molecule has 0 radical (unpaired) electrons. The fourth-order valence-electron chi connectivity index (χ4n) is 2.08. The van der Waals surface area contributed by atoms with Crippen LogP contribution in [-0.4, -0.2) is 16.0 Å². The maximum Gasteiger partial charge on any atom is 0.227 e. The van der Waals surface area contributed by atoms with Gasteiger partial charge in [0.2, 0.25) is 17.6 Å². The van der Waals surface area contributed by atoms with Gasteiger partial charge in [-0.25, -0.2) is 4.39 Å². The van der Waals surface area contributed by atoms with Crippen molar-refractivity contribution in [2.45, 2.75) is 12.8 Å². The molecule has 0 aliphatic carbocycles. The van der Waals surface area contributed by atoms with Crippen molar-refractivity contribution in [1.29, 1.82) is 0 Å². The van der Waals surface area contributed by atoms with E-state index in [0.29, 0.717) is 29.4 Å². The second-order valence-electron chi connectivity index (χ2n) is 5.08. The second-order valence-corrected chi connectivity index (χ2v) is 5.99. The molecule has 0 unspecified atom stereocenters. The third-order valence-corrected chi connectivity index (χ3v) is 3.77. The number of halogens is 2. The number of nitrogens with zero attached hydrogens (tertiary/aromatic N) is 2. The summed E-state index contributed by atoms with van der Waals surface area (Å²) in [6, 6.07) is 13.2. The molecule has 0 saturated heterocycles. The lowest BCUT2D eigenvalue weighted by Crippen LogP contribution is -2.12. The van der Waals surface area contributed by atoms with Gasteiger partial charge in [0.25, 0.3) is 0 Å². The van der Waals surface area contributed by atoms with Gasteiger partial charge in [-0.05, 0) is 36.4 Å². The van der Waals surface area contributed by atoms with Crippen molar-refractivity contribution in [2.24, 2.45) is 0 Å². The molecular formula is C17H13BrFN3O2. The summed E-state index contributed by atoms with van der Waals surface area (Å²) in [5.41, 5.74) is 1.25. The lowest BCUT2D eigenvalue weighted by atomic mass is 10.2. The summed E-state index contributed by atoms with van der Waals surface area (Å²) in [6.07, 6.45) is 0.519. The van der Waals surface area contributed by atoms with Crippen LogP contribution in [0.1, 0.15) is 12.3 Å². The summed E-state index contributed by atoms with van der Waals surface area (Å²) in [7, 11) is 0. The monoisotopic (exact) mass is 389 g/mol. The Morgan fingerprint density at radius 2 is 2.00 bits per heavy atom. The topological polar surface area (TPSA) is 68.0 Å². The zero-order valence-corrected chi connectivity index (χ0v) is 14.1. The summed E-state index contributed by atoms with van der Waals surface area (Å²) in [6.45, 7) is 0. The Morgan fingerprint density at radius 3 is 2.75 bits per heavy atom. The number of benzene rings is 2. The average Bonchev–Trinajstić information content (AvgIpc) is 3.04. The number of anilines is 1. The van der Waals surface area contributed by atoms with Crippen molar-refractivity contribution in [2.75, 3.05) is 5.32 Å². The minimum Gasteiger partial charge on any atom is -0.339 e. The number of nitrogens with one attached hydrogen (secondary N) is 1. The standard InChI is InChI=1S/C17H13BrFN3O2/c18-12-4-6-14(7-5-12)20-15(23)8-9-16-21-17(22-24-16)11-2-1-3-13(19)10-11/h1-7,10H,8-9H2,(H,20,23). The van der Waals surface area contributed by atoms with Gasteiger partial charge in [0.05, 0.1) is 0 Å². The third kappa shape index (κ3) is 4.26. The normalized spacial score (nSPS) is 10.6. The van der Waals surface area contributed by atoms with Crippen LogP contribution in [0.4, 0.5) is 10.1 Å². The Hall–Kier alpha value is -2.54. The molecule has 3 rings (SSSR count). The summed E-state index contributed by atoms with van der Waals surface area (Å²) in [5.74, 6) is 0.119. The number of rotatable bonds is 5. The predicted octanol–water partition coefficient (Wildman–Crippen LogP) is 4.21. The van der Waals surface area contributed by atoms with Crippen LogP contribution in [-0.2, 0) is 11.2 Å². The van der Waals surface area contributed by atoms with Crippen LogP contribution < -0.4 is 5.32 Å². The highest BCUT2D eigenvalue weighted by atomic mass is 79.9. The number of carbonyl (C=O) groups is 1. The average molecular weight is 390 g/mol. The molecule has 1 N–H and O–H groups in total. The summed E-state index contributed by atoms with van der Waals surface area (Å²) in [4.78, 5) is 16.1. The van der Waals surface area contributed by atoms with Gasteiger partial charge in [0, 0.05) is 28.6 Å². The van der Waals surface area contributed by atoms with Gasteiger partial charge in [-0.3, -0.25) is 4.79 Å². The van der Waals surface area contributed by atoms with E-state index >= 15 is 0 Å². The maximum atomic E-state index is 13.2. The highest BCUT2D eigenvalue weighted by Crippen LogP contribution is 2.18. The van der Waals surface area contributed by atoms with Crippen LogP contribution in [0.25, 0.3) is 11.4 Å². The molecule has 0 bridgehead atoms. The number of aromatic nitrogens is 2. The first-order valence-corrected chi connectivity index (χ1v) is 8.03. The Morgan fingerprint density at radius 1 is 1.21 bits per heavy atom. The molecule has 2 aromatic carbocycles. The summed E-state index contributed by atoms with van der Waals surface area (Å²) >= 11 is 3.34. The predicted molar refractivity (Wildman–Crippen MR) is 90.8 cm³/mol. The Kier molecular flexibility index (Phi) is 5.00. The SMILES string of the molecule is O=C(CCc1nc(-c2cccc(F)c2)no1)Nc1ccc(Br)cc1. The van der Waals surface area contributed by atoms with Gasteiger partial charge >= 0.3 is 0 Å². The van der Waals surface area contributed by atoms with E-state index in [1.807, 2.05) is 12.1 Å². The molecule has 0 saturated carbocycles. The van der Waals surface area contributed by atoms with Crippen molar-refractivity contribution in [1.82, 2.24) is 10.1 Å². The first kappa shape index (κ1) is 16.3. The first-order valence-electron chi connectivity index (χ1n) is 7.24. The maximum absolute atomic E-state index is 13.2. The molecule has 7 heteroatoms. The van der Waals surface area contributed by atoms with Crippen molar-refractivity contribution < 1.29 is 13.7 Å². The highest BCUT2D eigenvalue weighted by Gasteiger charge is 2.11. The van der Waals surface area contributed by atoms with E-state index in [4.69, 9.17) is 4.52 Å². The van der Waals surface area contributed by atoms with Gasteiger partial charge in [0.15, 0.2) is 0 Å². The number of amides is 1. The zero-order valence-electron chi connectivity index (χ0n) is 12.5. The van der Waals surface area contributed by atoms with E-state index in [2.05, 4.69) is 31.4 Å². The van der Waals surface area contributed by atoms with Crippen LogP contribution in [0.15, 0.2) is 57.5 Å². The second kappa shape index (κ2) is 7.35. The Labute approximate surface area is 146 Å². The van der Waals surface area contributed by atoms with Gasteiger partial charge in [-0.2, -0.15) is 4.98 Å². The molecule has 0 spiro atoms. The molecule has 1 aromatic heterocycles. The van der Waals surface area contributed by atoms with Crippen LogP contribution >= 0.6 is 15.9 Å². The number of hydrogen-bond donors (Lipinski definition) is 1. The molecule has 0 aliphatic rings. The van der Waals surface area contributed by atoms with Gasteiger partial charge in [0.1, 0.15) is 5.82 Å². The lowest BCUT2D eigenvalue weighted by Gasteiger charge is -2.03. The van der Waals surface area contributed by atoms with Gasteiger partial charge in [-0.1, -0.05) is 33.2 Å². The van der Waals surface area contributed by atoms with Crippen LogP contribution in [0.3, 0.4) is 0 Å². The first-order chi connectivity index (χ1) is 11.6. The van der Waals surface area contributed by atoms with E-state index in [1.165, 1.54) is 12.1 Å². The fourth-order valence-corrected chi connectivity index (χ4v) is 2.34. The fraction of sp³-hybridized carbons (Fsp3) is 0.118. The van der Waals surface area contributed by atoms with Crippen LogP contribution in [0.2, 0.25) is 0 Å². The molecule has 24 heavy (non-hydrogen) atoms. The molecule has 3 aromatic rings. The molecular weight excluding hydrogens is 377 g/mol. The van der Waals surface area contributed by atoms with Crippen LogP contribution in [0.5, 0.6) is 0 Å². The third-order valence-electron chi connectivity index (χ3n) is 3.24. The quantitative estimate of drug-likeness (QED) is 0.709. The van der Waals surface area contributed by atoms with Crippen molar-refractivity contribution in [3.8, 4) is 11.4 Å². The van der Waals surface area contributed by atoms with E-state index in [1.54, 1.807) is 24.3 Å². The van der Waals surface area contributed by atoms with Gasteiger partial charge in [-0.15, -0.1) is 0 Å².